The summed E-state index contributed by atoms with van der Waals surface area (Å²) in [4.78, 5) is 5.71. The quantitative estimate of drug-likeness (QED) is 0.432. The summed E-state index contributed by atoms with van der Waals surface area (Å²) < 4.78 is 51.9. The van der Waals surface area contributed by atoms with Crippen molar-refractivity contribution in [2.45, 2.75) is 32.1 Å². The topological polar surface area (TPSA) is 39.7 Å². The smallest absolute Gasteiger partial charge is 0.357 e. The molecule has 1 aliphatic heterocycles. The van der Waals surface area contributed by atoms with Crippen LogP contribution in [0.25, 0.3) is 0 Å². The minimum absolute atomic E-state index is 0.118. The Kier molecular flexibility index (Phi) is 7.06. The van der Waals surface area contributed by atoms with Crippen LogP contribution in [0.4, 0.5) is 17.6 Å². The number of halogens is 5. The van der Waals surface area contributed by atoms with Gasteiger partial charge in [-0.05, 0) is 31.5 Å². The van der Waals surface area contributed by atoms with E-state index >= 15 is 0 Å². The Morgan fingerprint density at radius 1 is 1.40 bits per heavy atom. The summed E-state index contributed by atoms with van der Waals surface area (Å²) in [6.07, 6.45) is -3.59. The molecule has 4 nitrogen and oxygen atoms in total. The van der Waals surface area contributed by atoms with Crippen LogP contribution in [0.2, 0.25) is 0 Å². The number of benzene rings is 1. The van der Waals surface area contributed by atoms with Gasteiger partial charge in [-0.15, -0.1) is 0 Å². The first kappa shape index (κ1) is 20.0. The Balaban J connectivity index is 1.95. The normalized spacial score (nSPS) is 19.3. The van der Waals surface area contributed by atoms with Crippen LogP contribution in [0.5, 0.6) is 0 Å². The Bertz CT molecular complexity index is 606. The molecule has 2 rings (SSSR count). The first-order chi connectivity index (χ1) is 11.8. The lowest BCUT2D eigenvalue weighted by Gasteiger charge is -2.19. The molecule has 0 amide bonds. The Labute approximate surface area is 152 Å². The Morgan fingerprint density at radius 2 is 2.16 bits per heavy atom. The second-order valence-electron chi connectivity index (χ2n) is 5.91. The number of guanidine groups is 1. The van der Waals surface area contributed by atoms with E-state index in [-0.39, 0.29) is 18.4 Å². The molecule has 1 unspecified atom stereocenters. The van der Waals surface area contributed by atoms with E-state index in [4.69, 9.17) is 0 Å². The summed E-state index contributed by atoms with van der Waals surface area (Å²) in [6, 6.07) is 4.51. The first-order valence-corrected chi connectivity index (χ1v) is 8.84. The van der Waals surface area contributed by atoms with Crippen LogP contribution >= 0.6 is 15.9 Å². The van der Waals surface area contributed by atoms with Gasteiger partial charge in [-0.2, -0.15) is 13.2 Å². The van der Waals surface area contributed by atoms with E-state index in [1.165, 1.54) is 11.0 Å². The average molecular weight is 425 g/mol. The fourth-order valence-electron chi connectivity index (χ4n) is 2.69. The molecule has 1 heterocycles. The maximum absolute atomic E-state index is 13.8. The maximum Gasteiger partial charge on any atom is 0.401 e. The summed E-state index contributed by atoms with van der Waals surface area (Å²) in [7, 11) is 0. The molecule has 9 heteroatoms. The molecule has 1 fully saturated rings. The lowest BCUT2D eigenvalue weighted by atomic mass is 10.2. The molecule has 0 aliphatic carbocycles. The number of likely N-dealkylation sites (tertiary alicyclic amines) is 1. The zero-order chi connectivity index (χ0) is 18.4. The highest BCUT2D eigenvalue weighted by atomic mass is 79.9. The molecule has 0 bridgehead atoms. The Morgan fingerprint density at radius 3 is 2.84 bits per heavy atom. The van der Waals surface area contributed by atoms with E-state index in [2.05, 4.69) is 31.6 Å². The largest absolute Gasteiger partial charge is 0.401 e. The van der Waals surface area contributed by atoms with E-state index in [0.29, 0.717) is 37.6 Å². The van der Waals surface area contributed by atoms with Crippen LogP contribution in [0.1, 0.15) is 18.9 Å². The first-order valence-electron chi connectivity index (χ1n) is 8.04. The van der Waals surface area contributed by atoms with Gasteiger partial charge in [0.2, 0.25) is 0 Å². The molecule has 0 aromatic heterocycles. The number of hydrogen-bond donors (Lipinski definition) is 2. The Hall–Kier alpha value is -1.35. The lowest BCUT2D eigenvalue weighted by molar-refractivity contribution is -0.143. The highest BCUT2D eigenvalue weighted by molar-refractivity contribution is 9.10. The second-order valence-corrected chi connectivity index (χ2v) is 6.83. The molecule has 1 aromatic carbocycles. The number of aliphatic imine (C=N–C) groups is 1. The highest BCUT2D eigenvalue weighted by Gasteiger charge is 2.34. The van der Waals surface area contributed by atoms with Gasteiger partial charge in [0.1, 0.15) is 5.82 Å². The fraction of sp³-hybridized carbons (Fsp3) is 0.562. The van der Waals surface area contributed by atoms with Crippen molar-refractivity contribution < 1.29 is 17.6 Å². The number of nitrogens with one attached hydrogen (secondary N) is 2. The number of nitrogens with zero attached hydrogens (tertiary/aromatic N) is 2. The lowest BCUT2D eigenvalue weighted by Crippen LogP contribution is -2.45. The van der Waals surface area contributed by atoms with E-state index in [1.807, 2.05) is 6.92 Å². The van der Waals surface area contributed by atoms with Crippen molar-refractivity contribution in [3.63, 3.8) is 0 Å². The van der Waals surface area contributed by atoms with Crippen LogP contribution < -0.4 is 10.6 Å². The molecule has 1 saturated heterocycles. The number of alkyl halides is 3. The van der Waals surface area contributed by atoms with Crippen molar-refractivity contribution in [3.8, 4) is 0 Å². The SMILES string of the molecule is CCNC(=NCc1cc(Br)ccc1F)NC1CCN(CC(F)(F)F)C1. The third kappa shape index (κ3) is 6.81. The summed E-state index contributed by atoms with van der Waals surface area (Å²) in [5.74, 6) is 0.126. The fourth-order valence-corrected chi connectivity index (χ4v) is 3.10. The molecular weight excluding hydrogens is 404 g/mol. The standard InChI is InChI=1S/C16H21BrF4N4/c1-2-22-15(23-8-11-7-12(17)3-4-14(11)18)24-13-5-6-25(9-13)10-16(19,20)21/h3-4,7,13H,2,5-6,8-10H2,1H3,(H2,22,23,24). The molecule has 25 heavy (non-hydrogen) atoms. The zero-order valence-electron chi connectivity index (χ0n) is 13.8. The summed E-state index contributed by atoms with van der Waals surface area (Å²) >= 11 is 3.29. The van der Waals surface area contributed by atoms with Crippen LogP contribution in [-0.2, 0) is 6.54 Å². The molecule has 1 aromatic rings. The maximum atomic E-state index is 13.8. The van der Waals surface area contributed by atoms with E-state index < -0.39 is 12.7 Å². The van der Waals surface area contributed by atoms with E-state index in [0.717, 1.165) is 4.47 Å². The van der Waals surface area contributed by atoms with Gasteiger partial charge in [-0.25, -0.2) is 9.38 Å². The summed E-state index contributed by atoms with van der Waals surface area (Å²) in [5.41, 5.74) is 0.441. The molecule has 1 atom stereocenters. The molecule has 1 aliphatic rings. The van der Waals surface area contributed by atoms with Crippen LogP contribution in [-0.4, -0.2) is 49.3 Å². The van der Waals surface area contributed by atoms with Crippen molar-refractivity contribution >= 4 is 21.9 Å². The predicted molar refractivity (Wildman–Crippen MR) is 93.0 cm³/mol. The zero-order valence-corrected chi connectivity index (χ0v) is 15.4. The van der Waals surface area contributed by atoms with E-state index in [1.54, 1.807) is 12.1 Å². The van der Waals surface area contributed by atoms with Gasteiger partial charge in [0.25, 0.3) is 0 Å². The van der Waals surface area contributed by atoms with Crippen molar-refractivity contribution in [3.05, 3.63) is 34.1 Å². The van der Waals surface area contributed by atoms with Gasteiger partial charge >= 0.3 is 6.18 Å². The van der Waals surface area contributed by atoms with Crippen LogP contribution in [0.15, 0.2) is 27.7 Å². The molecule has 140 valence electrons. The van der Waals surface area contributed by atoms with Crippen molar-refractivity contribution in [2.24, 2.45) is 4.99 Å². The molecule has 0 radical (unpaired) electrons. The number of hydrogen-bond acceptors (Lipinski definition) is 2. The molecule has 0 saturated carbocycles. The van der Waals surface area contributed by atoms with Gasteiger partial charge < -0.3 is 10.6 Å². The second kappa shape index (κ2) is 8.84. The van der Waals surface area contributed by atoms with Gasteiger partial charge in [-0.3, -0.25) is 4.90 Å². The van der Waals surface area contributed by atoms with Crippen molar-refractivity contribution in [1.29, 1.82) is 0 Å². The van der Waals surface area contributed by atoms with Crippen molar-refractivity contribution in [1.82, 2.24) is 15.5 Å². The van der Waals surface area contributed by atoms with Gasteiger partial charge in [0, 0.05) is 35.7 Å². The third-order valence-electron chi connectivity index (χ3n) is 3.78. The molecule has 0 spiro atoms. The monoisotopic (exact) mass is 424 g/mol. The highest BCUT2D eigenvalue weighted by Crippen LogP contribution is 2.20. The van der Waals surface area contributed by atoms with Crippen LogP contribution in [0, 0.1) is 5.82 Å². The average Bonchev–Trinajstić information content (AvgIpc) is 2.93. The molecular formula is C16H21BrF4N4. The van der Waals surface area contributed by atoms with Gasteiger partial charge in [-0.1, -0.05) is 15.9 Å². The third-order valence-corrected chi connectivity index (χ3v) is 4.27. The minimum atomic E-state index is -4.19. The summed E-state index contributed by atoms with van der Waals surface area (Å²) in [5, 5.41) is 6.17. The van der Waals surface area contributed by atoms with Crippen LogP contribution in [0.3, 0.4) is 0 Å². The minimum Gasteiger partial charge on any atom is -0.357 e. The van der Waals surface area contributed by atoms with Crippen molar-refractivity contribution in [2.75, 3.05) is 26.2 Å². The molecule has 2 N–H and O–H groups in total. The van der Waals surface area contributed by atoms with Gasteiger partial charge in [0.15, 0.2) is 5.96 Å². The van der Waals surface area contributed by atoms with Gasteiger partial charge in [0.05, 0.1) is 13.1 Å². The predicted octanol–water partition coefficient (Wildman–Crippen LogP) is 3.28. The number of rotatable bonds is 5. The van der Waals surface area contributed by atoms with E-state index in [9.17, 15) is 17.6 Å². The summed E-state index contributed by atoms with van der Waals surface area (Å²) in [6.45, 7) is 2.42.